The molecule has 0 unspecified atom stereocenters. The zero-order valence-corrected chi connectivity index (χ0v) is 8.88. The molecule has 4 nitrogen and oxygen atoms in total. The molecule has 0 aliphatic rings. The highest BCUT2D eigenvalue weighted by Crippen LogP contribution is 2.32. The lowest BCUT2D eigenvalue weighted by molar-refractivity contribution is -0.384. The minimum Gasteiger partial charge on any atom is -0.383 e. The van der Waals surface area contributed by atoms with Crippen LogP contribution in [0.1, 0.15) is 5.56 Å². The first kappa shape index (κ1) is 9.98. The van der Waals surface area contributed by atoms with Crippen LogP contribution in [0.4, 0.5) is 11.4 Å². The van der Waals surface area contributed by atoms with E-state index in [-0.39, 0.29) is 10.6 Å². The Morgan fingerprint density at radius 1 is 1.54 bits per heavy atom. The molecule has 0 saturated carbocycles. The number of nitro benzene ring substituents is 1. The number of hydrogen-bond donors (Lipinski definition) is 1. The van der Waals surface area contributed by atoms with Crippen LogP contribution in [0.5, 0.6) is 0 Å². The number of nitrogens with one attached hydrogen (secondary N) is 1. The van der Waals surface area contributed by atoms with Crippen molar-refractivity contribution in [3.8, 4) is 0 Å². The molecule has 0 aliphatic heterocycles. The average Bonchev–Trinajstić information content (AvgIpc) is 2.08. The monoisotopic (exact) mass is 244 g/mol. The summed E-state index contributed by atoms with van der Waals surface area (Å²) in [6.07, 6.45) is 0. The molecule has 0 heterocycles. The molecular formula is C8H9BrN2O2. The van der Waals surface area contributed by atoms with Crippen LogP contribution in [0.2, 0.25) is 0 Å². The topological polar surface area (TPSA) is 55.2 Å². The maximum Gasteiger partial charge on any atom is 0.296 e. The van der Waals surface area contributed by atoms with E-state index in [4.69, 9.17) is 0 Å². The molecule has 1 rings (SSSR count). The van der Waals surface area contributed by atoms with Crippen molar-refractivity contribution < 1.29 is 4.92 Å². The summed E-state index contributed by atoms with van der Waals surface area (Å²) in [7, 11) is 1.66. The van der Waals surface area contributed by atoms with E-state index in [2.05, 4.69) is 21.2 Å². The Morgan fingerprint density at radius 2 is 2.15 bits per heavy atom. The van der Waals surface area contributed by atoms with Crippen molar-refractivity contribution in [2.75, 3.05) is 12.4 Å². The van der Waals surface area contributed by atoms with Crippen molar-refractivity contribution in [1.29, 1.82) is 0 Å². The Labute approximate surface area is 84.2 Å². The largest absolute Gasteiger partial charge is 0.383 e. The second-order valence-corrected chi connectivity index (χ2v) is 3.43. The fourth-order valence-corrected chi connectivity index (χ4v) is 1.43. The lowest BCUT2D eigenvalue weighted by Gasteiger charge is -2.05. The smallest absolute Gasteiger partial charge is 0.296 e. The van der Waals surface area contributed by atoms with Crippen LogP contribution >= 0.6 is 15.9 Å². The SMILES string of the molecule is CNc1ccc(Br)c(C)c1[N+](=O)[O-]. The fraction of sp³-hybridized carbons (Fsp3) is 0.250. The first-order valence-electron chi connectivity index (χ1n) is 3.69. The molecule has 1 aromatic carbocycles. The van der Waals surface area contributed by atoms with E-state index in [1.165, 1.54) is 0 Å². The van der Waals surface area contributed by atoms with E-state index in [0.717, 1.165) is 4.47 Å². The van der Waals surface area contributed by atoms with Gasteiger partial charge in [0.05, 0.1) is 4.92 Å². The van der Waals surface area contributed by atoms with Crippen molar-refractivity contribution in [2.45, 2.75) is 6.92 Å². The Kier molecular flexibility index (Phi) is 2.87. The first-order valence-corrected chi connectivity index (χ1v) is 4.48. The predicted molar refractivity (Wildman–Crippen MR) is 55.1 cm³/mol. The van der Waals surface area contributed by atoms with Gasteiger partial charge in [0.1, 0.15) is 5.69 Å². The fourth-order valence-electron chi connectivity index (χ4n) is 1.11. The second-order valence-electron chi connectivity index (χ2n) is 2.58. The zero-order valence-electron chi connectivity index (χ0n) is 7.30. The van der Waals surface area contributed by atoms with Crippen LogP contribution in [0, 0.1) is 17.0 Å². The average molecular weight is 245 g/mol. The van der Waals surface area contributed by atoms with Gasteiger partial charge in [-0.05, 0) is 19.1 Å². The summed E-state index contributed by atoms with van der Waals surface area (Å²) in [5, 5.41) is 13.5. The molecule has 0 aliphatic carbocycles. The van der Waals surface area contributed by atoms with Crippen LogP contribution in [0.25, 0.3) is 0 Å². The van der Waals surface area contributed by atoms with Gasteiger partial charge in [0, 0.05) is 17.1 Å². The molecule has 0 fully saturated rings. The van der Waals surface area contributed by atoms with Crippen LogP contribution in [-0.2, 0) is 0 Å². The van der Waals surface area contributed by atoms with E-state index in [1.807, 2.05) is 0 Å². The third-order valence-corrected chi connectivity index (χ3v) is 2.68. The summed E-state index contributed by atoms with van der Waals surface area (Å²) < 4.78 is 0.748. The van der Waals surface area contributed by atoms with Gasteiger partial charge < -0.3 is 5.32 Å². The number of nitrogens with zero attached hydrogens (tertiary/aromatic N) is 1. The van der Waals surface area contributed by atoms with Gasteiger partial charge in [0.2, 0.25) is 0 Å². The summed E-state index contributed by atoms with van der Waals surface area (Å²) >= 11 is 3.25. The van der Waals surface area contributed by atoms with E-state index >= 15 is 0 Å². The molecule has 0 aromatic heterocycles. The lowest BCUT2D eigenvalue weighted by Crippen LogP contribution is -1.99. The summed E-state index contributed by atoms with van der Waals surface area (Å²) in [6.45, 7) is 1.71. The van der Waals surface area contributed by atoms with Gasteiger partial charge in [-0.1, -0.05) is 15.9 Å². The molecule has 0 radical (unpaired) electrons. The van der Waals surface area contributed by atoms with E-state index in [1.54, 1.807) is 26.1 Å². The third kappa shape index (κ3) is 1.80. The van der Waals surface area contributed by atoms with Gasteiger partial charge in [0.15, 0.2) is 0 Å². The quantitative estimate of drug-likeness (QED) is 0.643. The van der Waals surface area contributed by atoms with Crippen molar-refractivity contribution in [3.63, 3.8) is 0 Å². The minimum atomic E-state index is -0.383. The predicted octanol–water partition coefficient (Wildman–Crippen LogP) is 2.71. The number of rotatable bonds is 2. The summed E-state index contributed by atoms with van der Waals surface area (Å²) in [5.74, 6) is 0. The molecule has 1 N–H and O–H groups in total. The molecule has 13 heavy (non-hydrogen) atoms. The minimum absolute atomic E-state index is 0.122. The molecular weight excluding hydrogens is 236 g/mol. The normalized spacial score (nSPS) is 9.77. The summed E-state index contributed by atoms with van der Waals surface area (Å²) in [4.78, 5) is 10.3. The Morgan fingerprint density at radius 3 is 2.62 bits per heavy atom. The second kappa shape index (κ2) is 3.74. The summed E-state index contributed by atoms with van der Waals surface area (Å²) in [5.41, 5.74) is 1.29. The number of hydrogen-bond acceptors (Lipinski definition) is 3. The van der Waals surface area contributed by atoms with Crippen molar-refractivity contribution in [3.05, 3.63) is 32.3 Å². The molecule has 0 spiro atoms. The van der Waals surface area contributed by atoms with Gasteiger partial charge in [-0.2, -0.15) is 0 Å². The van der Waals surface area contributed by atoms with Gasteiger partial charge >= 0.3 is 0 Å². The van der Waals surface area contributed by atoms with Crippen molar-refractivity contribution in [2.24, 2.45) is 0 Å². The van der Waals surface area contributed by atoms with Gasteiger partial charge in [-0.3, -0.25) is 10.1 Å². The van der Waals surface area contributed by atoms with Crippen LogP contribution < -0.4 is 5.32 Å². The highest BCUT2D eigenvalue weighted by atomic mass is 79.9. The number of anilines is 1. The Bertz CT molecular complexity index is 352. The number of nitro groups is 1. The third-order valence-electron chi connectivity index (χ3n) is 1.82. The summed E-state index contributed by atoms with van der Waals surface area (Å²) in [6, 6.07) is 3.46. The van der Waals surface area contributed by atoms with E-state index in [0.29, 0.717) is 11.3 Å². The Hall–Kier alpha value is -1.10. The molecule has 70 valence electrons. The van der Waals surface area contributed by atoms with Crippen molar-refractivity contribution >= 4 is 27.3 Å². The highest BCUT2D eigenvalue weighted by Gasteiger charge is 2.17. The maximum absolute atomic E-state index is 10.7. The van der Waals surface area contributed by atoms with E-state index < -0.39 is 0 Å². The van der Waals surface area contributed by atoms with Gasteiger partial charge in [-0.15, -0.1) is 0 Å². The maximum atomic E-state index is 10.7. The molecule has 0 amide bonds. The molecule has 0 bridgehead atoms. The zero-order chi connectivity index (χ0) is 10.0. The molecule has 5 heteroatoms. The van der Waals surface area contributed by atoms with Gasteiger partial charge in [-0.25, -0.2) is 0 Å². The first-order chi connectivity index (χ1) is 6.07. The van der Waals surface area contributed by atoms with Gasteiger partial charge in [0.25, 0.3) is 5.69 Å². The molecule has 1 aromatic rings. The van der Waals surface area contributed by atoms with E-state index in [9.17, 15) is 10.1 Å². The molecule has 0 atom stereocenters. The van der Waals surface area contributed by atoms with Crippen molar-refractivity contribution in [1.82, 2.24) is 0 Å². The lowest BCUT2D eigenvalue weighted by atomic mass is 10.2. The number of benzene rings is 1. The van der Waals surface area contributed by atoms with Crippen LogP contribution in [0.15, 0.2) is 16.6 Å². The number of halogens is 1. The molecule has 0 saturated heterocycles. The van der Waals surface area contributed by atoms with Crippen LogP contribution in [0.3, 0.4) is 0 Å². The highest BCUT2D eigenvalue weighted by molar-refractivity contribution is 9.10. The van der Waals surface area contributed by atoms with Crippen LogP contribution in [-0.4, -0.2) is 12.0 Å². The standard InChI is InChI=1S/C8H9BrN2O2/c1-5-6(9)3-4-7(10-2)8(5)11(12)13/h3-4,10H,1-2H3. The Balaban J connectivity index is 3.41.